The molecule has 0 unspecified atom stereocenters. The number of ether oxygens (including phenoxy) is 3. The van der Waals surface area contributed by atoms with Crippen molar-refractivity contribution in [3.63, 3.8) is 0 Å². The molecule has 5 nitrogen and oxygen atoms in total. The smallest absolute Gasteiger partial charge is 0.305 e. The fourth-order valence-corrected chi connectivity index (χ4v) is 2.84. The second-order valence-corrected chi connectivity index (χ2v) is 7.73. The molecule has 0 aromatic rings. The number of esters is 1. The molecule has 0 heterocycles. The first kappa shape index (κ1) is 33.0. The van der Waals surface area contributed by atoms with Crippen LogP contribution in [-0.4, -0.2) is 50.7 Å². The van der Waals surface area contributed by atoms with Gasteiger partial charge in [-0.3, -0.25) is 4.79 Å². The van der Waals surface area contributed by atoms with Gasteiger partial charge in [0.05, 0.1) is 33.0 Å². The molecular weight excluding hydrogens is 404 g/mol. The van der Waals surface area contributed by atoms with Gasteiger partial charge in [-0.2, -0.15) is 0 Å². The molecule has 0 aliphatic carbocycles. The number of hydrogen-bond acceptors (Lipinski definition) is 5. The van der Waals surface area contributed by atoms with Crippen LogP contribution >= 0.6 is 0 Å². The van der Waals surface area contributed by atoms with Crippen LogP contribution in [0.1, 0.15) is 104 Å². The number of allylic oxidation sites excluding steroid dienone is 4. The fraction of sp³-hybridized carbons (Fsp3) is 0.815. The van der Waals surface area contributed by atoms with Crippen LogP contribution < -0.4 is 0 Å². The molecule has 0 aromatic heterocycles. The van der Waals surface area contributed by atoms with Gasteiger partial charge >= 0.3 is 5.97 Å². The summed E-state index contributed by atoms with van der Waals surface area (Å²) in [6.07, 6.45) is 24.1. The van der Waals surface area contributed by atoms with E-state index in [9.17, 15) is 4.79 Å². The van der Waals surface area contributed by atoms with Crippen molar-refractivity contribution in [2.24, 2.45) is 0 Å². The summed E-state index contributed by atoms with van der Waals surface area (Å²) in [5, 5.41) is 8.30. The van der Waals surface area contributed by atoms with E-state index in [0.717, 1.165) is 32.3 Å². The summed E-state index contributed by atoms with van der Waals surface area (Å²) in [7, 11) is 0. The van der Waals surface area contributed by atoms with Crippen molar-refractivity contribution in [1.82, 2.24) is 0 Å². The van der Waals surface area contributed by atoms with Crippen molar-refractivity contribution in [2.45, 2.75) is 104 Å². The van der Waals surface area contributed by atoms with Crippen LogP contribution in [0.2, 0.25) is 0 Å². The van der Waals surface area contributed by atoms with Crippen LogP contribution in [0.15, 0.2) is 24.3 Å². The molecular formula is C27H52O5. The highest BCUT2D eigenvalue weighted by atomic mass is 16.5. The lowest BCUT2D eigenvalue weighted by atomic mass is 10.1. The van der Waals surface area contributed by atoms with Crippen molar-refractivity contribution in [3.05, 3.63) is 24.3 Å². The summed E-state index contributed by atoms with van der Waals surface area (Å²) >= 11 is 0. The lowest BCUT2D eigenvalue weighted by Gasteiger charge is -2.02. The lowest BCUT2D eigenvalue weighted by molar-refractivity contribution is -0.143. The van der Waals surface area contributed by atoms with E-state index in [1.54, 1.807) is 0 Å². The first-order valence-electron chi connectivity index (χ1n) is 12.9. The quantitative estimate of drug-likeness (QED) is 0.110. The third-order valence-electron chi connectivity index (χ3n) is 4.59. The molecule has 0 radical (unpaired) electrons. The molecule has 0 aromatic carbocycles. The van der Waals surface area contributed by atoms with Crippen molar-refractivity contribution in [1.29, 1.82) is 0 Å². The van der Waals surface area contributed by atoms with Crippen LogP contribution in [0.25, 0.3) is 0 Å². The first-order valence-corrected chi connectivity index (χ1v) is 12.9. The van der Waals surface area contributed by atoms with Gasteiger partial charge in [0.25, 0.3) is 0 Å². The molecule has 0 spiro atoms. The Hall–Kier alpha value is -1.17. The van der Waals surface area contributed by atoms with Gasteiger partial charge in [-0.25, -0.2) is 0 Å². The Bertz CT molecular complexity index is 399. The summed E-state index contributed by atoms with van der Waals surface area (Å²) in [6, 6.07) is 0. The maximum Gasteiger partial charge on any atom is 0.305 e. The van der Waals surface area contributed by atoms with Crippen molar-refractivity contribution in [3.8, 4) is 0 Å². The Morgan fingerprint density at radius 3 is 1.88 bits per heavy atom. The number of hydrogen-bond donors (Lipinski definition) is 1. The minimum atomic E-state index is -0.0480. The molecule has 190 valence electrons. The fourth-order valence-electron chi connectivity index (χ4n) is 2.84. The predicted octanol–water partition coefficient (Wildman–Crippen LogP) is 6.78. The molecule has 5 heteroatoms. The van der Waals surface area contributed by atoms with E-state index in [1.165, 1.54) is 51.4 Å². The molecule has 0 rings (SSSR count). The van der Waals surface area contributed by atoms with Gasteiger partial charge in [0, 0.05) is 13.0 Å². The van der Waals surface area contributed by atoms with E-state index in [0.29, 0.717) is 32.8 Å². The van der Waals surface area contributed by atoms with Crippen molar-refractivity contribution < 1.29 is 24.1 Å². The van der Waals surface area contributed by atoms with Crippen molar-refractivity contribution >= 4 is 5.97 Å². The largest absolute Gasteiger partial charge is 0.466 e. The Kier molecular flexibility index (Phi) is 33.0. The molecule has 0 saturated heterocycles. The van der Waals surface area contributed by atoms with Gasteiger partial charge in [0.2, 0.25) is 0 Å². The lowest BCUT2D eigenvalue weighted by Crippen LogP contribution is -2.07. The Morgan fingerprint density at radius 2 is 1.28 bits per heavy atom. The number of aliphatic hydroxyl groups excluding tert-OH is 1. The molecule has 0 fully saturated rings. The third kappa shape index (κ3) is 33.5. The summed E-state index contributed by atoms with van der Waals surface area (Å²) in [5.41, 5.74) is 0. The normalized spacial score (nSPS) is 11.1. The summed E-state index contributed by atoms with van der Waals surface area (Å²) in [5.74, 6) is -0.0480. The molecule has 0 atom stereocenters. The Morgan fingerprint density at radius 1 is 0.688 bits per heavy atom. The van der Waals surface area contributed by atoms with Crippen LogP contribution in [0.3, 0.4) is 0 Å². The van der Waals surface area contributed by atoms with Crippen LogP contribution in [-0.2, 0) is 19.0 Å². The van der Waals surface area contributed by atoms with E-state index in [4.69, 9.17) is 19.3 Å². The molecule has 0 saturated carbocycles. The summed E-state index contributed by atoms with van der Waals surface area (Å²) < 4.78 is 15.0. The van der Waals surface area contributed by atoms with Gasteiger partial charge in [-0.1, -0.05) is 70.3 Å². The Labute approximate surface area is 198 Å². The van der Waals surface area contributed by atoms with Gasteiger partial charge in [-0.05, 0) is 51.9 Å². The maximum atomic E-state index is 11.1. The minimum absolute atomic E-state index is 0.0480. The molecule has 0 aliphatic rings. The second kappa shape index (κ2) is 32.0. The first-order chi connectivity index (χ1) is 15.7. The zero-order chi connectivity index (χ0) is 24.0. The highest BCUT2D eigenvalue weighted by molar-refractivity contribution is 5.69. The number of aliphatic hydroxyl groups is 1. The number of carbonyl (C=O) groups excluding carboxylic acids is 1. The zero-order valence-electron chi connectivity index (χ0n) is 21.3. The molecule has 0 amide bonds. The van der Waals surface area contributed by atoms with E-state index >= 15 is 0 Å². The zero-order valence-corrected chi connectivity index (χ0v) is 21.3. The van der Waals surface area contributed by atoms with Gasteiger partial charge < -0.3 is 19.3 Å². The summed E-state index contributed by atoms with van der Waals surface area (Å²) in [4.78, 5) is 11.1. The number of rotatable bonds is 22. The molecule has 32 heavy (non-hydrogen) atoms. The highest BCUT2D eigenvalue weighted by Gasteiger charge is 2.00. The molecule has 0 aliphatic heterocycles. The maximum absolute atomic E-state index is 11.1. The average Bonchev–Trinajstić information content (AvgIpc) is 2.79. The van der Waals surface area contributed by atoms with E-state index in [-0.39, 0.29) is 12.6 Å². The second-order valence-electron chi connectivity index (χ2n) is 7.73. The predicted molar refractivity (Wildman–Crippen MR) is 135 cm³/mol. The Balaban J connectivity index is 0. The van der Waals surface area contributed by atoms with Crippen LogP contribution in [0, 0.1) is 0 Å². The number of carbonyl (C=O) groups is 1. The van der Waals surface area contributed by atoms with Gasteiger partial charge in [0.1, 0.15) is 0 Å². The third-order valence-corrected chi connectivity index (χ3v) is 4.59. The monoisotopic (exact) mass is 456 g/mol. The topological polar surface area (TPSA) is 65.0 Å². The molecule has 1 N–H and O–H groups in total. The SMILES string of the molecule is CCCCC/C=C\C/C=C\CCCCCCCC(=O)OCC.CCCOCCOCCO. The van der Waals surface area contributed by atoms with Gasteiger partial charge in [0.15, 0.2) is 0 Å². The van der Waals surface area contributed by atoms with E-state index < -0.39 is 0 Å². The van der Waals surface area contributed by atoms with E-state index in [1.807, 2.05) is 6.92 Å². The summed E-state index contributed by atoms with van der Waals surface area (Å²) in [6.45, 7) is 9.17. The highest BCUT2D eigenvalue weighted by Crippen LogP contribution is 2.08. The number of unbranched alkanes of at least 4 members (excludes halogenated alkanes) is 8. The average molecular weight is 457 g/mol. The van der Waals surface area contributed by atoms with Crippen molar-refractivity contribution in [2.75, 3.05) is 39.6 Å². The van der Waals surface area contributed by atoms with E-state index in [2.05, 4.69) is 38.2 Å². The van der Waals surface area contributed by atoms with Crippen LogP contribution in [0.5, 0.6) is 0 Å². The standard InChI is InChI=1S/C20H36O2.C7H16O3/c1-3-5-6-7-8-9-10-11-12-13-14-15-16-17-18-19-20(21)22-4-2;1-2-4-9-6-7-10-5-3-8/h8-9,11-12H,3-7,10,13-19H2,1-2H3;8H,2-7H2,1H3/b9-8-,12-11-;. The van der Waals surface area contributed by atoms with Crippen LogP contribution in [0.4, 0.5) is 0 Å². The van der Waals surface area contributed by atoms with Gasteiger partial charge in [-0.15, -0.1) is 0 Å². The minimum Gasteiger partial charge on any atom is -0.466 e. The molecule has 0 bridgehead atoms.